The van der Waals surface area contributed by atoms with Gasteiger partial charge in [0.15, 0.2) is 5.16 Å². The lowest BCUT2D eigenvalue weighted by Gasteiger charge is -2.08. The number of rotatable bonds is 8. The van der Waals surface area contributed by atoms with Crippen molar-refractivity contribution in [3.05, 3.63) is 48.3 Å². The van der Waals surface area contributed by atoms with Crippen molar-refractivity contribution in [2.45, 2.75) is 11.7 Å². The standard InChI is InChI=1S/C13H18N4O2S2/c1-17-9-7-14-13(17)20-10-8-15-21(18,19)16-11-12-5-3-2-4-6-12/h2-7,9,15-16H,8,10-11H2,1H3. The molecule has 0 fully saturated rings. The highest BCUT2D eigenvalue weighted by Crippen LogP contribution is 2.13. The third-order valence-corrected chi connectivity index (χ3v) is 4.88. The quantitative estimate of drug-likeness (QED) is 0.563. The van der Waals surface area contributed by atoms with Gasteiger partial charge in [0.25, 0.3) is 10.2 Å². The van der Waals surface area contributed by atoms with Crippen molar-refractivity contribution in [1.82, 2.24) is 19.0 Å². The Bertz CT molecular complexity index is 656. The molecular formula is C13H18N4O2S2. The van der Waals surface area contributed by atoms with Gasteiger partial charge in [-0.1, -0.05) is 42.1 Å². The summed E-state index contributed by atoms with van der Waals surface area (Å²) in [6.45, 7) is 0.629. The number of nitrogens with zero attached hydrogens (tertiary/aromatic N) is 2. The van der Waals surface area contributed by atoms with Gasteiger partial charge in [-0.3, -0.25) is 0 Å². The molecule has 0 aliphatic carbocycles. The maximum absolute atomic E-state index is 11.8. The molecule has 0 bridgehead atoms. The number of hydrogen-bond donors (Lipinski definition) is 2. The highest BCUT2D eigenvalue weighted by Gasteiger charge is 2.08. The second-order valence-electron chi connectivity index (χ2n) is 4.37. The smallest absolute Gasteiger partial charge is 0.277 e. The topological polar surface area (TPSA) is 76.0 Å². The first kappa shape index (κ1) is 16.0. The van der Waals surface area contributed by atoms with Gasteiger partial charge >= 0.3 is 0 Å². The normalized spacial score (nSPS) is 11.7. The van der Waals surface area contributed by atoms with Gasteiger partial charge in [0.2, 0.25) is 0 Å². The first-order valence-corrected chi connectivity index (χ1v) is 8.92. The van der Waals surface area contributed by atoms with Gasteiger partial charge in [0, 0.05) is 38.3 Å². The molecule has 0 spiro atoms. The Morgan fingerprint density at radius 2 is 2.00 bits per heavy atom. The van der Waals surface area contributed by atoms with E-state index in [0.717, 1.165) is 10.7 Å². The molecule has 1 aromatic carbocycles. The minimum Gasteiger partial charge on any atom is -0.329 e. The van der Waals surface area contributed by atoms with Crippen LogP contribution < -0.4 is 9.44 Å². The van der Waals surface area contributed by atoms with Crippen LogP contribution in [0.25, 0.3) is 0 Å². The molecule has 2 rings (SSSR count). The minimum atomic E-state index is -3.47. The zero-order valence-electron chi connectivity index (χ0n) is 11.7. The van der Waals surface area contributed by atoms with Crippen molar-refractivity contribution in [1.29, 1.82) is 0 Å². The van der Waals surface area contributed by atoms with Crippen LogP contribution in [0.3, 0.4) is 0 Å². The Labute approximate surface area is 129 Å². The molecule has 0 radical (unpaired) electrons. The lowest BCUT2D eigenvalue weighted by Crippen LogP contribution is -2.37. The number of thioether (sulfide) groups is 1. The van der Waals surface area contributed by atoms with Crippen LogP contribution in [0.4, 0.5) is 0 Å². The van der Waals surface area contributed by atoms with Crippen LogP contribution in [0, 0.1) is 0 Å². The molecule has 0 amide bonds. The van der Waals surface area contributed by atoms with Gasteiger partial charge in [0.1, 0.15) is 0 Å². The van der Waals surface area contributed by atoms with Crippen LogP contribution in [-0.2, 0) is 23.8 Å². The number of aryl methyl sites for hydroxylation is 1. The van der Waals surface area contributed by atoms with Crippen molar-refractivity contribution in [2.24, 2.45) is 7.05 Å². The summed E-state index contributed by atoms with van der Waals surface area (Å²) < 4.78 is 30.5. The summed E-state index contributed by atoms with van der Waals surface area (Å²) in [5.41, 5.74) is 0.922. The summed E-state index contributed by atoms with van der Waals surface area (Å²) in [7, 11) is -1.57. The summed E-state index contributed by atoms with van der Waals surface area (Å²) >= 11 is 1.51. The van der Waals surface area contributed by atoms with Crippen LogP contribution in [0.2, 0.25) is 0 Å². The largest absolute Gasteiger partial charge is 0.329 e. The Morgan fingerprint density at radius 1 is 1.24 bits per heavy atom. The van der Waals surface area contributed by atoms with Gasteiger partial charge < -0.3 is 4.57 Å². The zero-order chi connectivity index (χ0) is 15.1. The summed E-state index contributed by atoms with van der Waals surface area (Å²) in [6.07, 6.45) is 3.57. The molecule has 21 heavy (non-hydrogen) atoms. The fourth-order valence-electron chi connectivity index (χ4n) is 1.63. The van der Waals surface area contributed by atoms with Crippen molar-refractivity contribution in [3.63, 3.8) is 0 Å². The fourth-order valence-corrected chi connectivity index (χ4v) is 3.38. The van der Waals surface area contributed by atoms with Crippen molar-refractivity contribution in [2.75, 3.05) is 12.3 Å². The summed E-state index contributed by atoms with van der Waals surface area (Å²) in [6, 6.07) is 9.39. The van der Waals surface area contributed by atoms with Crippen LogP contribution in [-0.4, -0.2) is 30.3 Å². The maximum atomic E-state index is 11.8. The Morgan fingerprint density at radius 3 is 2.67 bits per heavy atom. The van der Waals surface area contributed by atoms with E-state index < -0.39 is 10.2 Å². The Hall–Kier alpha value is -1.35. The molecule has 8 heteroatoms. The van der Waals surface area contributed by atoms with Crippen LogP contribution in [0.15, 0.2) is 47.9 Å². The predicted molar refractivity (Wildman–Crippen MR) is 84.1 cm³/mol. The fraction of sp³-hybridized carbons (Fsp3) is 0.308. The molecule has 0 saturated heterocycles. The van der Waals surface area contributed by atoms with Crippen molar-refractivity contribution < 1.29 is 8.42 Å². The third kappa shape index (κ3) is 5.50. The lowest BCUT2D eigenvalue weighted by molar-refractivity contribution is 0.568. The van der Waals surface area contributed by atoms with Gasteiger partial charge in [-0.2, -0.15) is 13.1 Å². The maximum Gasteiger partial charge on any atom is 0.277 e. The summed E-state index contributed by atoms with van der Waals surface area (Å²) in [4.78, 5) is 4.16. The van der Waals surface area contributed by atoms with Gasteiger partial charge in [0.05, 0.1) is 0 Å². The zero-order valence-corrected chi connectivity index (χ0v) is 13.3. The summed E-state index contributed by atoms with van der Waals surface area (Å²) in [5.74, 6) is 0.622. The molecule has 0 unspecified atom stereocenters. The second-order valence-corrected chi connectivity index (χ2v) is 7.02. The number of imidazole rings is 1. The predicted octanol–water partition coefficient (Wildman–Crippen LogP) is 1.14. The molecule has 2 N–H and O–H groups in total. The molecule has 114 valence electrons. The number of nitrogens with one attached hydrogen (secondary N) is 2. The van der Waals surface area contributed by atoms with Crippen LogP contribution in [0.5, 0.6) is 0 Å². The Balaban J connectivity index is 1.70. The monoisotopic (exact) mass is 326 g/mol. The third-order valence-electron chi connectivity index (χ3n) is 2.71. The number of benzene rings is 1. The lowest BCUT2D eigenvalue weighted by atomic mass is 10.2. The molecule has 1 heterocycles. The average Bonchev–Trinajstić information content (AvgIpc) is 2.88. The second kappa shape index (κ2) is 7.60. The van der Waals surface area contributed by atoms with Crippen LogP contribution >= 0.6 is 11.8 Å². The molecular weight excluding hydrogens is 308 g/mol. The van der Waals surface area contributed by atoms with Gasteiger partial charge in [-0.05, 0) is 5.56 Å². The molecule has 6 nitrogen and oxygen atoms in total. The van der Waals surface area contributed by atoms with E-state index in [1.54, 1.807) is 6.20 Å². The van der Waals surface area contributed by atoms with Gasteiger partial charge in [-0.15, -0.1) is 0 Å². The first-order chi connectivity index (χ1) is 10.1. The molecule has 0 atom stereocenters. The van der Waals surface area contributed by atoms with Gasteiger partial charge in [-0.25, -0.2) is 9.71 Å². The van der Waals surface area contributed by atoms with E-state index in [1.165, 1.54) is 11.8 Å². The molecule has 0 aliphatic heterocycles. The average molecular weight is 326 g/mol. The van der Waals surface area contributed by atoms with E-state index in [0.29, 0.717) is 12.3 Å². The molecule has 0 aliphatic rings. The highest BCUT2D eigenvalue weighted by molar-refractivity contribution is 7.99. The number of aromatic nitrogens is 2. The van der Waals surface area contributed by atoms with E-state index in [-0.39, 0.29) is 6.54 Å². The van der Waals surface area contributed by atoms with E-state index in [4.69, 9.17) is 0 Å². The van der Waals surface area contributed by atoms with E-state index in [1.807, 2.05) is 48.1 Å². The minimum absolute atomic E-state index is 0.280. The first-order valence-electron chi connectivity index (χ1n) is 6.45. The Kier molecular flexibility index (Phi) is 5.80. The van der Waals surface area contributed by atoms with Crippen molar-refractivity contribution >= 4 is 22.0 Å². The van der Waals surface area contributed by atoms with E-state index in [2.05, 4.69) is 14.4 Å². The van der Waals surface area contributed by atoms with E-state index >= 15 is 0 Å². The summed E-state index contributed by atoms with van der Waals surface area (Å²) in [5, 5.41) is 0.867. The molecule has 1 aromatic heterocycles. The molecule has 2 aromatic rings. The molecule has 0 saturated carbocycles. The van der Waals surface area contributed by atoms with Crippen LogP contribution in [0.1, 0.15) is 5.56 Å². The SMILES string of the molecule is Cn1ccnc1SCCNS(=O)(=O)NCc1ccccc1. The van der Waals surface area contributed by atoms with Crippen molar-refractivity contribution in [3.8, 4) is 0 Å². The highest BCUT2D eigenvalue weighted by atomic mass is 32.2. The number of hydrogen-bond acceptors (Lipinski definition) is 4. The van der Waals surface area contributed by atoms with E-state index in [9.17, 15) is 8.42 Å².